The van der Waals surface area contributed by atoms with E-state index in [0.717, 1.165) is 60.4 Å². The summed E-state index contributed by atoms with van der Waals surface area (Å²) in [6, 6.07) is 10.1. The van der Waals surface area contributed by atoms with Gasteiger partial charge in [-0.05, 0) is 26.0 Å². The van der Waals surface area contributed by atoms with E-state index in [9.17, 15) is 0 Å². The summed E-state index contributed by atoms with van der Waals surface area (Å²) in [6.45, 7) is 7.11. The summed E-state index contributed by atoms with van der Waals surface area (Å²) in [5.74, 6) is 1.73. The van der Waals surface area contributed by atoms with Gasteiger partial charge >= 0.3 is 0 Å². The summed E-state index contributed by atoms with van der Waals surface area (Å²) in [5, 5.41) is 5.74. The molecule has 0 atom stereocenters. The molecule has 0 radical (unpaired) electrons. The lowest BCUT2D eigenvalue weighted by atomic mass is 10.2. The van der Waals surface area contributed by atoms with E-state index >= 15 is 0 Å². The van der Waals surface area contributed by atoms with Gasteiger partial charge in [-0.1, -0.05) is 18.2 Å². The van der Waals surface area contributed by atoms with Gasteiger partial charge in [0, 0.05) is 13.1 Å². The van der Waals surface area contributed by atoms with Crippen LogP contribution in [0.4, 0.5) is 5.82 Å². The number of hydrogen-bond donors (Lipinski definition) is 0. The lowest BCUT2D eigenvalue weighted by Crippen LogP contribution is -2.37. The van der Waals surface area contributed by atoms with E-state index in [2.05, 4.69) is 9.88 Å². The van der Waals surface area contributed by atoms with Crippen molar-refractivity contribution in [3.8, 4) is 5.69 Å². The van der Waals surface area contributed by atoms with E-state index in [-0.39, 0.29) is 0 Å². The molecule has 6 heteroatoms. The van der Waals surface area contributed by atoms with Gasteiger partial charge in [0.1, 0.15) is 11.6 Å². The molecule has 0 aliphatic carbocycles. The number of rotatable bonds is 2. The highest BCUT2D eigenvalue weighted by molar-refractivity contribution is 5.90. The first-order chi connectivity index (χ1) is 11.2. The zero-order chi connectivity index (χ0) is 15.8. The smallest absolute Gasteiger partial charge is 0.168 e. The summed E-state index contributed by atoms with van der Waals surface area (Å²) in [5.41, 5.74) is 2.82. The van der Waals surface area contributed by atoms with Gasteiger partial charge in [0.15, 0.2) is 5.65 Å². The fourth-order valence-electron chi connectivity index (χ4n) is 3.02. The van der Waals surface area contributed by atoms with Crippen LogP contribution in [0.25, 0.3) is 16.7 Å². The van der Waals surface area contributed by atoms with Crippen molar-refractivity contribution in [2.45, 2.75) is 13.8 Å². The summed E-state index contributed by atoms with van der Waals surface area (Å²) in [7, 11) is 0. The summed E-state index contributed by atoms with van der Waals surface area (Å²) in [4.78, 5) is 11.6. The summed E-state index contributed by atoms with van der Waals surface area (Å²) in [6.07, 6.45) is 0. The molecule has 4 rings (SSSR count). The molecule has 118 valence electrons. The van der Waals surface area contributed by atoms with Crippen molar-refractivity contribution < 1.29 is 4.74 Å². The van der Waals surface area contributed by atoms with Gasteiger partial charge in [0.05, 0.1) is 30.0 Å². The molecule has 1 aliphatic heterocycles. The molecule has 0 saturated carbocycles. The average molecular weight is 309 g/mol. The molecule has 1 aromatic carbocycles. The van der Waals surface area contributed by atoms with E-state index < -0.39 is 0 Å². The van der Waals surface area contributed by atoms with Crippen LogP contribution in [-0.4, -0.2) is 46.1 Å². The third kappa shape index (κ3) is 2.45. The predicted octanol–water partition coefficient (Wildman–Crippen LogP) is 2.27. The Morgan fingerprint density at radius 2 is 1.74 bits per heavy atom. The van der Waals surface area contributed by atoms with Crippen molar-refractivity contribution in [1.82, 2.24) is 19.7 Å². The molecule has 0 N–H and O–H groups in total. The highest BCUT2D eigenvalue weighted by Gasteiger charge is 2.21. The average Bonchev–Trinajstić information content (AvgIpc) is 2.92. The molecule has 1 fully saturated rings. The van der Waals surface area contributed by atoms with Crippen LogP contribution < -0.4 is 4.90 Å². The SMILES string of the molecule is Cc1nc(N2CCOCC2)c2c(C)nn(-c3ccccc3)c2n1. The number of aryl methyl sites for hydroxylation is 2. The minimum absolute atomic E-state index is 0.733. The topological polar surface area (TPSA) is 56.1 Å². The first kappa shape index (κ1) is 14.1. The number of morpholine rings is 1. The van der Waals surface area contributed by atoms with Crippen molar-refractivity contribution in [3.05, 3.63) is 41.9 Å². The molecular formula is C17H19N5O. The molecular weight excluding hydrogens is 290 g/mol. The Labute approximate surface area is 134 Å². The molecule has 0 amide bonds. The first-order valence-corrected chi connectivity index (χ1v) is 7.86. The maximum atomic E-state index is 5.46. The monoisotopic (exact) mass is 309 g/mol. The van der Waals surface area contributed by atoms with Gasteiger partial charge in [-0.3, -0.25) is 0 Å². The maximum absolute atomic E-state index is 5.46. The molecule has 0 spiro atoms. The predicted molar refractivity (Wildman–Crippen MR) is 89.2 cm³/mol. The minimum atomic E-state index is 0.733. The Kier molecular flexibility index (Phi) is 3.46. The van der Waals surface area contributed by atoms with Crippen LogP contribution in [0, 0.1) is 13.8 Å². The number of hydrogen-bond acceptors (Lipinski definition) is 5. The zero-order valence-corrected chi connectivity index (χ0v) is 13.4. The second kappa shape index (κ2) is 5.62. The van der Waals surface area contributed by atoms with E-state index in [1.165, 1.54) is 0 Å². The Morgan fingerprint density at radius 3 is 2.48 bits per heavy atom. The lowest BCUT2D eigenvalue weighted by molar-refractivity contribution is 0.122. The number of para-hydroxylation sites is 1. The Morgan fingerprint density at radius 1 is 1.00 bits per heavy atom. The largest absolute Gasteiger partial charge is 0.378 e. The van der Waals surface area contributed by atoms with E-state index in [4.69, 9.17) is 14.8 Å². The second-order valence-corrected chi connectivity index (χ2v) is 5.73. The van der Waals surface area contributed by atoms with Crippen molar-refractivity contribution in [3.63, 3.8) is 0 Å². The Balaban J connectivity index is 1.94. The maximum Gasteiger partial charge on any atom is 0.168 e. The van der Waals surface area contributed by atoms with Crippen molar-refractivity contribution in [1.29, 1.82) is 0 Å². The van der Waals surface area contributed by atoms with Crippen LogP contribution >= 0.6 is 0 Å². The summed E-state index contributed by atoms with van der Waals surface area (Å²) < 4.78 is 7.37. The van der Waals surface area contributed by atoms with Crippen LogP contribution in [-0.2, 0) is 4.74 Å². The van der Waals surface area contributed by atoms with E-state index in [1.54, 1.807) is 0 Å². The zero-order valence-electron chi connectivity index (χ0n) is 13.4. The number of fused-ring (bicyclic) bond motifs is 1. The van der Waals surface area contributed by atoms with Crippen LogP contribution in [0.5, 0.6) is 0 Å². The number of benzene rings is 1. The van der Waals surface area contributed by atoms with Gasteiger partial charge < -0.3 is 9.64 Å². The second-order valence-electron chi connectivity index (χ2n) is 5.73. The highest BCUT2D eigenvalue weighted by Crippen LogP contribution is 2.29. The normalized spacial score (nSPS) is 15.3. The Bertz CT molecular complexity index is 837. The first-order valence-electron chi connectivity index (χ1n) is 7.86. The van der Waals surface area contributed by atoms with Gasteiger partial charge in [0.2, 0.25) is 0 Å². The molecule has 1 aliphatic rings. The van der Waals surface area contributed by atoms with Gasteiger partial charge in [-0.2, -0.15) is 5.10 Å². The van der Waals surface area contributed by atoms with Crippen LogP contribution in [0.15, 0.2) is 30.3 Å². The molecule has 3 heterocycles. The molecule has 23 heavy (non-hydrogen) atoms. The third-order valence-electron chi connectivity index (χ3n) is 4.11. The highest BCUT2D eigenvalue weighted by atomic mass is 16.5. The number of ether oxygens (including phenoxy) is 1. The molecule has 2 aromatic heterocycles. The molecule has 6 nitrogen and oxygen atoms in total. The van der Waals surface area contributed by atoms with Gasteiger partial charge in [-0.15, -0.1) is 0 Å². The molecule has 1 saturated heterocycles. The fraction of sp³-hybridized carbons (Fsp3) is 0.353. The van der Waals surface area contributed by atoms with Crippen LogP contribution in [0.2, 0.25) is 0 Å². The molecule has 0 unspecified atom stereocenters. The van der Waals surface area contributed by atoms with Gasteiger partial charge in [-0.25, -0.2) is 14.6 Å². The van der Waals surface area contributed by atoms with Crippen LogP contribution in [0.3, 0.4) is 0 Å². The number of anilines is 1. The standard InChI is InChI=1S/C17H19N5O/c1-12-15-16(21-8-10-23-11-9-21)18-13(2)19-17(15)22(20-12)14-6-4-3-5-7-14/h3-7H,8-11H2,1-2H3. The van der Waals surface area contributed by atoms with Crippen LogP contribution in [0.1, 0.15) is 11.5 Å². The minimum Gasteiger partial charge on any atom is -0.378 e. The van der Waals surface area contributed by atoms with E-state index in [0.29, 0.717) is 0 Å². The number of nitrogens with zero attached hydrogens (tertiary/aromatic N) is 5. The molecule has 3 aromatic rings. The fourth-order valence-corrected chi connectivity index (χ4v) is 3.02. The number of aromatic nitrogens is 4. The molecule has 0 bridgehead atoms. The van der Waals surface area contributed by atoms with E-state index in [1.807, 2.05) is 48.9 Å². The quantitative estimate of drug-likeness (QED) is 0.727. The lowest BCUT2D eigenvalue weighted by Gasteiger charge is -2.28. The van der Waals surface area contributed by atoms with Crippen molar-refractivity contribution >= 4 is 16.9 Å². The Hall–Kier alpha value is -2.47. The van der Waals surface area contributed by atoms with Gasteiger partial charge in [0.25, 0.3) is 0 Å². The third-order valence-corrected chi connectivity index (χ3v) is 4.11. The van der Waals surface area contributed by atoms with Crippen molar-refractivity contribution in [2.24, 2.45) is 0 Å². The van der Waals surface area contributed by atoms with Crippen molar-refractivity contribution in [2.75, 3.05) is 31.2 Å². The summed E-state index contributed by atoms with van der Waals surface area (Å²) >= 11 is 0.